The van der Waals surface area contributed by atoms with Crippen molar-refractivity contribution in [3.63, 3.8) is 0 Å². The molecule has 0 atom stereocenters. The van der Waals surface area contributed by atoms with Crippen LogP contribution in [0.25, 0.3) is 0 Å². The molecule has 1 fully saturated rings. The molecule has 1 aliphatic carbocycles. The van der Waals surface area contributed by atoms with Crippen LogP contribution in [0.3, 0.4) is 0 Å². The van der Waals surface area contributed by atoms with E-state index in [2.05, 4.69) is 10.3 Å². The first-order valence-corrected chi connectivity index (χ1v) is 5.18. The summed E-state index contributed by atoms with van der Waals surface area (Å²) in [6.07, 6.45) is 6.21. The average Bonchev–Trinajstić information content (AvgIpc) is 2.18. The van der Waals surface area contributed by atoms with Gasteiger partial charge in [0, 0.05) is 12.7 Å². The van der Waals surface area contributed by atoms with Crippen molar-refractivity contribution < 1.29 is 4.79 Å². The number of amides is 1. The second-order valence-electron chi connectivity index (χ2n) is 4.03. The van der Waals surface area contributed by atoms with Gasteiger partial charge in [-0.25, -0.2) is 0 Å². The number of aromatic nitrogens is 1. The van der Waals surface area contributed by atoms with E-state index in [1.54, 1.807) is 18.5 Å². The van der Waals surface area contributed by atoms with Crippen LogP contribution in [0, 0.1) is 5.41 Å². The van der Waals surface area contributed by atoms with Crippen molar-refractivity contribution >= 4 is 11.6 Å². The Bertz CT molecular complexity index is 341. The van der Waals surface area contributed by atoms with Crippen molar-refractivity contribution in [2.24, 2.45) is 11.1 Å². The van der Waals surface area contributed by atoms with Gasteiger partial charge in [-0.15, -0.1) is 0 Å². The summed E-state index contributed by atoms with van der Waals surface area (Å²) in [6.45, 7) is 0.430. The lowest BCUT2D eigenvalue weighted by molar-refractivity contribution is -0.129. The van der Waals surface area contributed by atoms with Crippen molar-refractivity contribution in [2.45, 2.75) is 19.3 Å². The Morgan fingerprint density at radius 1 is 1.60 bits per heavy atom. The van der Waals surface area contributed by atoms with Crippen molar-refractivity contribution in [1.29, 1.82) is 0 Å². The predicted molar refractivity (Wildman–Crippen MR) is 58.2 cm³/mol. The SMILES string of the molecule is NCC1(C(=O)Nc2cccnc2)CCC1. The minimum atomic E-state index is -0.324. The molecule has 0 saturated heterocycles. The van der Waals surface area contributed by atoms with Crippen LogP contribution < -0.4 is 11.1 Å². The zero-order valence-corrected chi connectivity index (χ0v) is 8.57. The van der Waals surface area contributed by atoms with E-state index in [0.717, 1.165) is 24.9 Å². The Hall–Kier alpha value is -1.42. The molecule has 1 aromatic heterocycles. The first-order valence-electron chi connectivity index (χ1n) is 5.18. The zero-order valence-electron chi connectivity index (χ0n) is 8.57. The predicted octanol–water partition coefficient (Wildman–Crippen LogP) is 1.15. The third-order valence-corrected chi connectivity index (χ3v) is 3.10. The van der Waals surface area contributed by atoms with Gasteiger partial charge >= 0.3 is 0 Å². The smallest absolute Gasteiger partial charge is 0.231 e. The molecule has 2 rings (SSSR count). The lowest BCUT2D eigenvalue weighted by Crippen LogP contribution is -2.47. The lowest BCUT2D eigenvalue weighted by Gasteiger charge is -2.38. The number of rotatable bonds is 3. The van der Waals surface area contributed by atoms with Gasteiger partial charge in [0.1, 0.15) is 0 Å². The summed E-state index contributed by atoms with van der Waals surface area (Å²) >= 11 is 0. The fourth-order valence-electron chi connectivity index (χ4n) is 1.83. The van der Waals surface area contributed by atoms with Crippen molar-refractivity contribution in [3.8, 4) is 0 Å². The summed E-state index contributed by atoms with van der Waals surface area (Å²) in [4.78, 5) is 15.9. The van der Waals surface area contributed by atoms with E-state index < -0.39 is 0 Å². The highest BCUT2D eigenvalue weighted by atomic mass is 16.2. The molecule has 0 aromatic carbocycles. The maximum absolute atomic E-state index is 11.9. The number of hydrogen-bond acceptors (Lipinski definition) is 3. The lowest BCUT2D eigenvalue weighted by atomic mass is 9.68. The van der Waals surface area contributed by atoms with Crippen LogP contribution >= 0.6 is 0 Å². The van der Waals surface area contributed by atoms with Crippen LogP contribution in [0.2, 0.25) is 0 Å². The number of carbonyl (C=O) groups is 1. The third kappa shape index (κ3) is 1.85. The molecule has 4 nitrogen and oxygen atoms in total. The Labute approximate surface area is 88.9 Å². The number of nitrogens with one attached hydrogen (secondary N) is 1. The monoisotopic (exact) mass is 205 g/mol. The fourth-order valence-corrected chi connectivity index (χ4v) is 1.83. The molecule has 15 heavy (non-hydrogen) atoms. The molecule has 0 unspecified atom stereocenters. The van der Waals surface area contributed by atoms with Crippen LogP contribution in [-0.2, 0) is 4.79 Å². The van der Waals surface area contributed by atoms with Gasteiger partial charge in [0.05, 0.1) is 17.3 Å². The molecule has 0 radical (unpaired) electrons. The molecule has 0 aliphatic heterocycles. The molecular weight excluding hydrogens is 190 g/mol. The molecule has 1 heterocycles. The summed E-state index contributed by atoms with van der Waals surface area (Å²) in [6, 6.07) is 3.62. The largest absolute Gasteiger partial charge is 0.329 e. The summed E-state index contributed by atoms with van der Waals surface area (Å²) in [5.41, 5.74) is 6.06. The van der Waals surface area contributed by atoms with Crippen LogP contribution in [0.15, 0.2) is 24.5 Å². The quantitative estimate of drug-likeness (QED) is 0.777. The minimum absolute atomic E-state index is 0.0317. The highest BCUT2D eigenvalue weighted by Crippen LogP contribution is 2.40. The molecule has 4 heteroatoms. The van der Waals surface area contributed by atoms with Crippen molar-refractivity contribution in [1.82, 2.24) is 4.98 Å². The first kappa shape index (κ1) is 10.1. The topological polar surface area (TPSA) is 68.0 Å². The molecule has 1 saturated carbocycles. The van der Waals surface area contributed by atoms with Crippen LogP contribution in [0.4, 0.5) is 5.69 Å². The second kappa shape index (κ2) is 3.98. The minimum Gasteiger partial charge on any atom is -0.329 e. The molecule has 0 bridgehead atoms. The Morgan fingerprint density at radius 2 is 2.40 bits per heavy atom. The van der Waals surface area contributed by atoms with Gasteiger partial charge in [0.25, 0.3) is 0 Å². The number of nitrogens with two attached hydrogens (primary N) is 1. The van der Waals surface area contributed by atoms with E-state index in [0.29, 0.717) is 6.54 Å². The first-order chi connectivity index (χ1) is 7.27. The van der Waals surface area contributed by atoms with Crippen LogP contribution in [0.1, 0.15) is 19.3 Å². The van der Waals surface area contributed by atoms with E-state index in [4.69, 9.17) is 5.73 Å². The van der Waals surface area contributed by atoms with E-state index >= 15 is 0 Å². The molecule has 80 valence electrons. The Kier molecular flexibility index (Phi) is 2.68. The highest BCUT2D eigenvalue weighted by molar-refractivity contribution is 5.95. The fraction of sp³-hybridized carbons (Fsp3) is 0.455. The summed E-state index contributed by atoms with van der Waals surface area (Å²) in [7, 11) is 0. The molecule has 3 N–H and O–H groups in total. The van der Waals surface area contributed by atoms with Gasteiger partial charge in [0.2, 0.25) is 5.91 Å². The van der Waals surface area contributed by atoms with E-state index in [-0.39, 0.29) is 11.3 Å². The van der Waals surface area contributed by atoms with Gasteiger partial charge in [-0.1, -0.05) is 6.42 Å². The standard InChI is InChI=1S/C11H15N3O/c12-8-11(4-2-5-11)10(15)14-9-3-1-6-13-7-9/h1,3,6-7H,2,4-5,8,12H2,(H,14,15). The number of anilines is 1. The van der Waals surface area contributed by atoms with Gasteiger partial charge in [-0.2, -0.15) is 0 Å². The Balaban J connectivity index is 2.04. The number of pyridine rings is 1. The molecule has 1 amide bonds. The second-order valence-corrected chi connectivity index (χ2v) is 4.03. The average molecular weight is 205 g/mol. The van der Waals surface area contributed by atoms with Gasteiger partial charge in [-0.05, 0) is 25.0 Å². The highest BCUT2D eigenvalue weighted by Gasteiger charge is 2.42. The molecule has 1 aliphatic rings. The molecule has 1 aromatic rings. The third-order valence-electron chi connectivity index (χ3n) is 3.10. The van der Waals surface area contributed by atoms with E-state index in [9.17, 15) is 4.79 Å². The summed E-state index contributed by atoms with van der Waals surface area (Å²) in [5.74, 6) is 0.0317. The zero-order chi connectivity index (χ0) is 10.7. The summed E-state index contributed by atoms with van der Waals surface area (Å²) in [5, 5.41) is 2.85. The maximum atomic E-state index is 11.9. The summed E-state index contributed by atoms with van der Waals surface area (Å²) < 4.78 is 0. The molecular formula is C11H15N3O. The Morgan fingerprint density at radius 3 is 2.87 bits per heavy atom. The van der Waals surface area contributed by atoms with Gasteiger partial charge in [-0.3, -0.25) is 9.78 Å². The van der Waals surface area contributed by atoms with Crippen molar-refractivity contribution in [3.05, 3.63) is 24.5 Å². The van der Waals surface area contributed by atoms with Gasteiger partial charge < -0.3 is 11.1 Å². The van der Waals surface area contributed by atoms with Gasteiger partial charge in [0.15, 0.2) is 0 Å². The van der Waals surface area contributed by atoms with E-state index in [1.165, 1.54) is 0 Å². The number of hydrogen-bond donors (Lipinski definition) is 2. The maximum Gasteiger partial charge on any atom is 0.231 e. The normalized spacial score (nSPS) is 17.9. The number of carbonyl (C=O) groups excluding carboxylic acids is 1. The van der Waals surface area contributed by atoms with Crippen molar-refractivity contribution in [2.75, 3.05) is 11.9 Å². The van der Waals surface area contributed by atoms with E-state index in [1.807, 2.05) is 6.07 Å². The molecule has 0 spiro atoms. The number of nitrogens with zero attached hydrogens (tertiary/aromatic N) is 1. The van der Waals surface area contributed by atoms with Crippen LogP contribution in [0.5, 0.6) is 0 Å². The van der Waals surface area contributed by atoms with Crippen LogP contribution in [-0.4, -0.2) is 17.4 Å².